The molecule has 1 fully saturated rings. The van der Waals surface area contributed by atoms with Gasteiger partial charge in [0.05, 0.1) is 16.8 Å². The Kier molecular flexibility index (Phi) is 5.85. The van der Waals surface area contributed by atoms with Gasteiger partial charge in [0.1, 0.15) is 0 Å². The van der Waals surface area contributed by atoms with Crippen molar-refractivity contribution in [1.29, 1.82) is 0 Å². The van der Waals surface area contributed by atoms with Crippen LogP contribution in [0.1, 0.15) is 44.6 Å². The van der Waals surface area contributed by atoms with E-state index in [-0.39, 0.29) is 11.8 Å². The van der Waals surface area contributed by atoms with Crippen molar-refractivity contribution in [2.24, 2.45) is 10.9 Å². The summed E-state index contributed by atoms with van der Waals surface area (Å²) < 4.78 is 8.87. The third kappa shape index (κ3) is 3.78. The first-order valence-corrected chi connectivity index (χ1v) is 9.77. The summed E-state index contributed by atoms with van der Waals surface area (Å²) >= 11 is 1.61. The average Bonchev–Trinajstić information content (AvgIpc) is 2.94. The number of para-hydroxylation sites is 1. The highest BCUT2D eigenvalue weighted by atomic mass is 32.1. The predicted molar refractivity (Wildman–Crippen MR) is 98.2 cm³/mol. The van der Waals surface area contributed by atoms with Gasteiger partial charge in [0.15, 0.2) is 4.80 Å². The molecular weight excluding hydrogens is 320 g/mol. The summed E-state index contributed by atoms with van der Waals surface area (Å²) in [7, 11) is 0. The smallest absolute Gasteiger partial charge is 0.251 e. The van der Waals surface area contributed by atoms with E-state index >= 15 is 0 Å². The van der Waals surface area contributed by atoms with Gasteiger partial charge in [0.2, 0.25) is 0 Å². The van der Waals surface area contributed by atoms with Crippen LogP contribution in [0.3, 0.4) is 0 Å². The second kappa shape index (κ2) is 8.08. The van der Waals surface area contributed by atoms with E-state index in [0.717, 1.165) is 37.0 Å². The van der Waals surface area contributed by atoms with Crippen LogP contribution in [-0.2, 0) is 16.1 Å². The lowest BCUT2D eigenvalue weighted by molar-refractivity contribution is -0.122. The van der Waals surface area contributed by atoms with Crippen molar-refractivity contribution in [1.82, 2.24) is 4.57 Å². The number of carbonyl (C=O) groups excluding carboxylic acids is 1. The molecule has 0 spiro atoms. The Bertz CT molecular complexity index is 769. The minimum Gasteiger partial charge on any atom is -0.380 e. The number of benzene rings is 1. The highest BCUT2D eigenvalue weighted by molar-refractivity contribution is 7.16. The van der Waals surface area contributed by atoms with Crippen LogP contribution in [-0.4, -0.2) is 23.7 Å². The van der Waals surface area contributed by atoms with Crippen LogP contribution in [0, 0.1) is 12.8 Å². The zero-order chi connectivity index (χ0) is 16.9. The van der Waals surface area contributed by atoms with Crippen LogP contribution in [0.25, 0.3) is 10.2 Å². The van der Waals surface area contributed by atoms with E-state index in [4.69, 9.17) is 4.74 Å². The number of hydrogen-bond donors (Lipinski definition) is 0. The van der Waals surface area contributed by atoms with Gasteiger partial charge in [-0.3, -0.25) is 4.79 Å². The molecule has 130 valence electrons. The number of aryl methyl sites for hydroxylation is 1. The molecule has 1 aliphatic rings. The van der Waals surface area contributed by atoms with Crippen molar-refractivity contribution in [2.45, 2.75) is 52.5 Å². The van der Waals surface area contributed by atoms with E-state index in [2.05, 4.69) is 34.7 Å². The molecule has 24 heavy (non-hydrogen) atoms. The summed E-state index contributed by atoms with van der Waals surface area (Å²) in [6, 6.07) is 6.28. The molecule has 0 unspecified atom stereocenters. The molecule has 0 atom stereocenters. The molecule has 0 radical (unpaired) electrons. The molecule has 1 aliphatic carbocycles. The van der Waals surface area contributed by atoms with E-state index in [1.807, 2.05) is 6.92 Å². The second-order valence-electron chi connectivity index (χ2n) is 6.44. The van der Waals surface area contributed by atoms with Gasteiger partial charge in [-0.25, -0.2) is 0 Å². The molecule has 1 saturated carbocycles. The van der Waals surface area contributed by atoms with Gasteiger partial charge >= 0.3 is 0 Å². The Morgan fingerprint density at radius 3 is 2.88 bits per heavy atom. The molecular formula is C19H26N2O2S. The molecule has 0 aliphatic heterocycles. The van der Waals surface area contributed by atoms with Crippen LogP contribution in [0.4, 0.5) is 0 Å². The number of nitrogens with zero attached hydrogens (tertiary/aromatic N) is 2. The van der Waals surface area contributed by atoms with Crippen molar-refractivity contribution < 1.29 is 9.53 Å². The monoisotopic (exact) mass is 346 g/mol. The number of thiazole rings is 1. The topological polar surface area (TPSA) is 43.6 Å². The molecule has 0 bridgehead atoms. The summed E-state index contributed by atoms with van der Waals surface area (Å²) in [4.78, 5) is 17.9. The third-order valence-corrected chi connectivity index (χ3v) is 5.77. The van der Waals surface area contributed by atoms with Gasteiger partial charge in [0.25, 0.3) is 5.91 Å². The zero-order valence-electron chi connectivity index (χ0n) is 14.6. The summed E-state index contributed by atoms with van der Waals surface area (Å²) in [6.07, 6.45) is 5.54. The predicted octanol–water partition coefficient (Wildman–Crippen LogP) is 4.06. The number of hydrogen-bond acceptors (Lipinski definition) is 3. The summed E-state index contributed by atoms with van der Waals surface area (Å²) in [5.74, 6) is 0.175. The summed E-state index contributed by atoms with van der Waals surface area (Å²) in [6.45, 7) is 6.19. The molecule has 1 heterocycles. The van der Waals surface area contributed by atoms with Crippen LogP contribution in [0.5, 0.6) is 0 Å². The quantitative estimate of drug-likeness (QED) is 0.767. The molecule has 2 aromatic rings. The normalized spacial score (nSPS) is 16.8. The van der Waals surface area contributed by atoms with Gasteiger partial charge < -0.3 is 9.30 Å². The zero-order valence-corrected chi connectivity index (χ0v) is 15.4. The fourth-order valence-electron chi connectivity index (χ4n) is 3.44. The van der Waals surface area contributed by atoms with Gasteiger partial charge in [-0.1, -0.05) is 42.7 Å². The molecule has 1 aromatic heterocycles. The number of aromatic nitrogens is 1. The van der Waals surface area contributed by atoms with Crippen LogP contribution in [0.2, 0.25) is 0 Å². The summed E-state index contributed by atoms with van der Waals surface area (Å²) in [5.41, 5.74) is 2.39. The molecule has 0 N–H and O–H groups in total. The van der Waals surface area contributed by atoms with Crippen molar-refractivity contribution in [3.8, 4) is 0 Å². The summed E-state index contributed by atoms with van der Waals surface area (Å²) in [5, 5.41) is 0. The van der Waals surface area contributed by atoms with Crippen molar-refractivity contribution >= 4 is 27.5 Å². The highest BCUT2D eigenvalue weighted by Gasteiger charge is 2.21. The lowest BCUT2D eigenvalue weighted by Crippen LogP contribution is -2.23. The average molecular weight is 346 g/mol. The lowest BCUT2D eigenvalue weighted by Gasteiger charge is -2.17. The largest absolute Gasteiger partial charge is 0.380 e. The first-order valence-electron chi connectivity index (χ1n) is 8.96. The van der Waals surface area contributed by atoms with Crippen molar-refractivity contribution in [3.63, 3.8) is 0 Å². The fourth-order valence-corrected chi connectivity index (χ4v) is 4.57. The van der Waals surface area contributed by atoms with Crippen LogP contribution < -0.4 is 4.80 Å². The minimum atomic E-state index is 0.0593. The number of amides is 1. The maximum atomic E-state index is 12.6. The Balaban J connectivity index is 1.98. The molecule has 1 amide bonds. The molecule has 3 rings (SSSR count). The molecule has 1 aromatic carbocycles. The van der Waals surface area contributed by atoms with E-state index in [9.17, 15) is 4.79 Å². The van der Waals surface area contributed by atoms with E-state index in [0.29, 0.717) is 13.2 Å². The minimum absolute atomic E-state index is 0.0593. The van der Waals surface area contributed by atoms with E-state index in [1.54, 1.807) is 11.3 Å². The van der Waals surface area contributed by atoms with Crippen molar-refractivity contribution in [3.05, 3.63) is 28.6 Å². The SMILES string of the molecule is CCOCCn1c(=NC(=O)C2CCCCC2)sc2cccc(C)c21. The maximum Gasteiger partial charge on any atom is 0.251 e. The number of rotatable bonds is 5. The Morgan fingerprint density at radius 1 is 1.33 bits per heavy atom. The van der Waals surface area contributed by atoms with Gasteiger partial charge in [-0.15, -0.1) is 0 Å². The molecule has 5 heteroatoms. The lowest BCUT2D eigenvalue weighted by atomic mass is 9.89. The Labute approximate surface area is 147 Å². The van der Waals surface area contributed by atoms with Gasteiger partial charge in [-0.05, 0) is 38.3 Å². The second-order valence-corrected chi connectivity index (χ2v) is 7.45. The Morgan fingerprint density at radius 2 is 2.12 bits per heavy atom. The first-order chi connectivity index (χ1) is 11.7. The number of carbonyl (C=O) groups is 1. The standard InChI is InChI=1S/C19H26N2O2S/c1-3-23-13-12-21-17-14(2)8-7-11-16(17)24-19(21)20-18(22)15-9-5-4-6-10-15/h7-8,11,15H,3-6,9-10,12-13H2,1-2H3. The highest BCUT2D eigenvalue weighted by Crippen LogP contribution is 2.25. The number of ether oxygens (including phenoxy) is 1. The molecule has 4 nitrogen and oxygen atoms in total. The van der Waals surface area contributed by atoms with E-state index < -0.39 is 0 Å². The molecule has 0 saturated heterocycles. The fraction of sp³-hybridized carbons (Fsp3) is 0.579. The third-order valence-electron chi connectivity index (χ3n) is 4.73. The first kappa shape index (κ1) is 17.4. The van der Waals surface area contributed by atoms with Crippen LogP contribution in [0.15, 0.2) is 23.2 Å². The Hall–Kier alpha value is -1.46. The van der Waals surface area contributed by atoms with Crippen LogP contribution >= 0.6 is 11.3 Å². The van der Waals surface area contributed by atoms with Crippen molar-refractivity contribution in [2.75, 3.05) is 13.2 Å². The van der Waals surface area contributed by atoms with E-state index in [1.165, 1.54) is 22.2 Å². The number of fused-ring (bicyclic) bond motifs is 1. The van der Waals surface area contributed by atoms with Gasteiger partial charge in [-0.2, -0.15) is 4.99 Å². The maximum absolute atomic E-state index is 12.6. The van der Waals surface area contributed by atoms with Gasteiger partial charge in [0, 0.05) is 19.1 Å².